The van der Waals surface area contributed by atoms with E-state index in [4.69, 9.17) is 15.3 Å². The van der Waals surface area contributed by atoms with Crippen LogP contribution in [-0.4, -0.2) is 11.2 Å². The van der Waals surface area contributed by atoms with E-state index < -0.39 is 6.09 Å². The van der Waals surface area contributed by atoms with Gasteiger partial charge in [-0.2, -0.15) is 0 Å². The van der Waals surface area contributed by atoms with Gasteiger partial charge in [0, 0.05) is 0 Å². The minimum atomic E-state index is -0.850. The fraction of sp³-hybridized carbons (Fsp3) is 0.286. The Bertz CT molecular complexity index is 268. The molecule has 0 aromatic carbocycles. The molecule has 12 heavy (non-hydrogen) atoms. The summed E-state index contributed by atoms with van der Waals surface area (Å²) in [6.07, 6.45) is -0.850. The summed E-state index contributed by atoms with van der Waals surface area (Å²) < 4.78 is 9.45. The van der Waals surface area contributed by atoms with E-state index in [1.807, 2.05) is 0 Å². The molecule has 1 rings (SSSR count). The first-order chi connectivity index (χ1) is 5.72. The molecule has 5 nitrogen and oxygen atoms in total. The topological polar surface area (TPSA) is 85.7 Å². The quantitative estimate of drug-likeness (QED) is 0.687. The fourth-order valence-corrected chi connectivity index (χ4v) is 0.727. The molecule has 0 fully saturated rings. The minimum Gasteiger partial charge on any atom is -0.460 e. The van der Waals surface area contributed by atoms with E-state index in [1.54, 1.807) is 12.1 Å². The number of carbonyl (C=O) groups excluding carboxylic acids is 1. The Morgan fingerprint density at radius 1 is 1.58 bits per heavy atom. The summed E-state index contributed by atoms with van der Waals surface area (Å²) in [5.41, 5.74) is 4.73. The molecule has 3 N–H and O–H groups in total. The van der Waals surface area contributed by atoms with Crippen molar-refractivity contribution in [3.63, 3.8) is 0 Å². The number of ether oxygens (including phenoxy) is 1. The second kappa shape index (κ2) is 3.77. The number of hydrogen-bond acceptors (Lipinski definition) is 4. The van der Waals surface area contributed by atoms with Crippen molar-refractivity contribution in [1.82, 2.24) is 0 Å². The molecule has 0 radical (unpaired) electrons. The maximum atomic E-state index is 10.2. The lowest BCUT2D eigenvalue weighted by atomic mass is 10.4. The van der Waals surface area contributed by atoms with Crippen LogP contribution >= 0.6 is 0 Å². The molecule has 0 aliphatic heterocycles. The van der Waals surface area contributed by atoms with Gasteiger partial charge in [-0.15, -0.1) is 0 Å². The third-order valence-corrected chi connectivity index (χ3v) is 1.23. The van der Waals surface area contributed by atoms with E-state index in [0.717, 1.165) is 0 Å². The van der Waals surface area contributed by atoms with E-state index in [-0.39, 0.29) is 13.2 Å². The van der Waals surface area contributed by atoms with Gasteiger partial charge in [-0.05, 0) is 12.1 Å². The Balaban J connectivity index is 2.47. The van der Waals surface area contributed by atoms with E-state index in [1.165, 1.54) is 0 Å². The summed E-state index contributed by atoms with van der Waals surface area (Å²) in [4.78, 5) is 10.2. The Kier molecular flexibility index (Phi) is 2.71. The summed E-state index contributed by atoms with van der Waals surface area (Å²) in [6.45, 7) is -0.175. The first kappa shape index (κ1) is 8.61. The van der Waals surface area contributed by atoms with Crippen molar-refractivity contribution in [2.45, 2.75) is 13.2 Å². The summed E-state index contributed by atoms with van der Waals surface area (Å²) in [7, 11) is 0. The smallest absolute Gasteiger partial charge is 0.404 e. The highest BCUT2D eigenvalue weighted by molar-refractivity contribution is 5.64. The third kappa shape index (κ3) is 2.28. The number of amides is 1. The van der Waals surface area contributed by atoms with Crippen LogP contribution in [0.3, 0.4) is 0 Å². The van der Waals surface area contributed by atoms with Crippen molar-refractivity contribution in [1.29, 1.82) is 0 Å². The number of aliphatic hydroxyl groups excluding tert-OH is 1. The molecule has 0 spiro atoms. The van der Waals surface area contributed by atoms with Crippen LogP contribution in [-0.2, 0) is 18.0 Å². The third-order valence-electron chi connectivity index (χ3n) is 1.23. The molecule has 1 aromatic rings. The van der Waals surface area contributed by atoms with Crippen LogP contribution in [0.25, 0.3) is 0 Å². The molecule has 66 valence electrons. The number of aliphatic hydroxyl groups is 1. The fourth-order valence-electron chi connectivity index (χ4n) is 0.727. The molecule has 0 atom stereocenters. The molecule has 1 amide bonds. The van der Waals surface area contributed by atoms with Gasteiger partial charge in [0.2, 0.25) is 0 Å². The Labute approximate surface area is 68.7 Å². The lowest BCUT2D eigenvalue weighted by Crippen LogP contribution is -2.12. The SMILES string of the molecule is NC(=O)OCc1ccc(CO)o1. The molecule has 1 heterocycles. The molecular formula is C7H9NO4. The van der Waals surface area contributed by atoms with Crippen molar-refractivity contribution >= 4 is 6.09 Å². The lowest BCUT2D eigenvalue weighted by Gasteiger charge is -1.96. The monoisotopic (exact) mass is 171 g/mol. The maximum absolute atomic E-state index is 10.2. The molecule has 0 aliphatic carbocycles. The first-order valence-corrected chi connectivity index (χ1v) is 3.33. The van der Waals surface area contributed by atoms with Gasteiger partial charge in [0.1, 0.15) is 18.1 Å². The van der Waals surface area contributed by atoms with Crippen LogP contribution in [0.4, 0.5) is 4.79 Å². The predicted molar refractivity (Wildman–Crippen MR) is 39.0 cm³/mol. The molecule has 0 saturated carbocycles. The van der Waals surface area contributed by atoms with E-state index in [2.05, 4.69) is 4.74 Å². The van der Waals surface area contributed by atoms with Crippen molar-refractivity contribution in [3.8, 4) is 0 Å². The zero-order valence-electron chi connectivity index (χ0n) is 6.32. The van der Waals surface area contributed by atoms with Crippen LogP contribution < -0.4 is 5.73 Å². The molecule has 5 heteroatoms. The van der Waals surface area contributed by atoms with Gasteiger partial charge in [0.15, 0.2) is 6.61 Å². The second-order valence-corrected chi connectivity index (χ2v) is 2.13. The van der Waals surface area contributed by atoms with Gasteiger partial charge in [-0.3, -0.25) is 0 Å². The second-order valence-electron chi connectivity index (χ2n) is 2.13. The number of primary amides is 1. The standard InChI is InChI=1S/C7H9NO4/c8-7(10)11-4-6-2-1-5(3-9)12-6/h1-2,9H,3-4H2,(H2,8,10). The van der Waals surface area contributed by atoms with Gasteiger partial charge in [-0.1, -0.05) is 0 Å². The predicted octanol–water partition coefficient (Wildman–Crippen LogP) is 0.367. The minimum absolute atomic E-state index is 0.00463. The first-order valence-electron chi connectivity index (χ1n) is 3.33. The van der Waals surface area contributed by atoms with Gasteiger partial charge < -0.3 is 20.0 Å². The average Bonchev–Trinajstić information content (AvgIpc) is 2.48. The number of nitrogens with two attached hydrogens (primary N) is 1. The summed E-state index contributed by atoms with van der Waals surface area (Å²) in [6, 6.07) is 3.20. The van der Waals surface area contributed by atoms with E-state index in [0.29, 0.717) is 11.5 Å². The van der Waals surface area contributed by atoms with Gasteiger partial charge in [0.05, 0.1) is 0 Å². The highest BCUT2D eigenvalue weighted by atomic mass is 16.6. The molecule has 0 aliphatic rings. The Hall–Kier alpha value is -1.49. The summed E-state index contributed by atoms with van der Waals surface area (Å²) in [5.74, 6) is 0.885. The van der Waals surface area contributed by atoms with Crippen molar-refractivity contribution < 1.29 is 19.1 Å². The van der Waals surface area contributed by atoms with Gasteiger partial charge in [-0.25, -0.2) is 4.79 Å². The molecule has 1 aromatic heterocycles. The number of furan rings is 1. The largest absolute Gasteiger partial charge is 0.460 e. The van der Waals surface area contributed by atoms with Gasteiger partial charge in [0.25, 0.3) is 0 Å². The van der Waals surface area contributed by atoms with Crippen LogP contribution in [0.5, 0.6) is 0 Å². The molecule has 0 saturated heterocycles. The van der Waals surface area contributed by atoms with Crippen LogP contribution in [0.2, 0.25) is 0 Å². The molecular weight excluding hydrogens is 162 g/mol. The Morgan fingerprint density at radius 2 is 2.25 bits per heavy atom. The van der Waals surface area contributed by atoms with E-state index >= 15 is 0 Å². The summed E-state index contributed by atoms with van der Waals surface area (Å²) >= 11 is 0. The van der Waals surface area contributed by atoms with Crippen LogP contribution in [0.1, 0.15) is 11.5 Å². The van der Waals surface area contributed by atoms with E-state index in [9.17, 15) is 4.79 Å². The van der Waals surface area contributed by atoms with Gasteiger partial charge >= 0.3 is 6.09 Å². The number of carbonyl (C=O) groups is 1. The zero-order chi connectivity index (χ0) is 8.97. The van der Waals surface area contributed by atoms with Crippen molar-refractivity contribution in [2.75, 3.05) is 0 Å². The Morgan fingerprint density at radius 3 is 2.75 bits per heavy atom. The number of rotatable bonds is 3. The zero-order valence-corrected chi connectivity index (χ0v) is 6.32. The highest BCUT2D eigenvalue weighted by Gasteiger charge is 2.02. The lowest BCUT2D eigenvalue weighted by molar-refractivity contribution is 0.139. The van der Waals surface area contributed by atoms with Crippen LogP contribution in [0, 0.1) is 0 Å². The average molecular weight is 171 g/mol. The molecule has 0 bridgehead atoms. The maximum Gasteiger partial charge on any atom is 0.404 e. The molecule has 0 unspecified atom stereocenters. The highest BCUT2D eigenvalue weighted by Crippen LogP contribution is 2.08. The number of hydrogen-bond donors (Lipinski definition) is 2. The van der Waals surface area contributed by atoms with Crippen LogP contribution in [0.15, 0.2) is 16.5 Å². The summed E-state index contributed by atoms with van der Waals surface area (Å²) in [5, 5.41) is 8.60. The van der Waals surface area contributed by atoms with Crippen molar-refractivity contribution in [2.24, 2.45) is 5.73 Å². The normalized spacial score (nSPS) is 9.75. The van der Waals surface area contributed by atoms with Crippen molar-refractivity contribution in [3.05, 3.63) is 23.7 Å².